The fourth-order valence-corrected chi connectivity index (χ4v) is 3.21. The zero-order chi connectivity index (χ0) is 18.1. The first kappa shape index (κ1) is 16.2. The number of nitrogens with zero attached hydrogens (tertiary/aromatic N) is 1. The summed E-state index contributed by atoms with van der Waals surface area (Å²) in [5, 5.41) is 3.75. The second-order valence-electron chi connectivity index (χ2n) is 6.23. The predicted molar refractivity (Wildman–Crippen MR) is 97.1 cm³/mol. The Morgan fingerprint density at radius 2 is 1.96 bits per heavy atom. The highest BCUT2D eigenvalue weighted by atomic mass is 16.5. The van der Waals surface area contributed by atoms with E-state index in [1.165, 1.54) is 12.7 Å². The molecule has 1 aliphatic rings. The van der Waals surface area contributed by atoms with Crippen LogP contribution in [0.3, 0.4) is 0 Å². The second-order valence-corrected chi connectivity index (χ2v) is 6.23. The molecule has 0 radical (unpaired) electrons. The van der Waals surface area contributed by atoms with E-state index in [-0.39, 0.29) is 17.8 Å². The Balaban J connectivity index is 1.53. The Morgan fingerprint density at radius 1 is 1.12 bits per heavy atom. The molecule has 6 heteroatoms. The van der Waals surface area contributed by atoms with Crippen LogP contribution in [0.1, 0.15) is 21.7 Å². The van der Waals surface area contributed by atoms with Crippen molar-refractivity contribution >= 4 is 28.7 Å². The minimum Gasteiger partial charge on any atom is -0.453 e. The summed E-state index contributed by atoms with van der Waals surface area (Å²) in [5.41, 5.74) is 3.52. The van der Waals surface area contributed by atoms with Crippen molar-refractivity contribution in [2.75, 3.05) is 19.0 Å². The van der Waals surface area contributed by atoms with Gasteiger partial charge in [-0.3, -0.25) is 4.79 Å². The van der Waals surface area contributed by atoms with Crippen LogP contribution in [-0.4, -0.2) is 30.6 Å². The smallest absolute Gasteiger partial charge is 0.409 e. The molecule has 26 heavy (non-hydrogen) atoms. The Bertz CT molecular complexity index is 959. The maximum Gasteiger partial charge on any atom is 0.409 e. The van der Waals surface area contributed by atoms with Gasteiger partial charge < -0.3 is 19.4 Å². The van der Waals surface area contributed by atoms with Gasteiger partial charge >= 0.3 is 6.09 Å². The third-order valence-electron chi connectivity index (χ3n) is 4.56. The van der Waals surface area contributed by atoms with Gasteiger partial charge in [0.1, 0.15) is 5.58 Å². The second kappa shape index (κ2) is 6.55. The summed E-state index contributed by atoms with van der Waals surface area (Å²) in [6, 6.07) is 15.0. The summed E-state index contributed by atoms with van der Waals surface area (Å²) in [6.45, 7) is 1.10. The maximum absolute atomic E-state index is 12.5. The van der Waals surface area contributed by atoms with Crippen molar-refractivity contribution in [3.63, 3.8) is 0 Å². The van der Waals surface area contributed by atoms with Gasteiger partial charge in [0.25, 0.3) is 5.91 Å². The third kappa shape index (κ3) is 3.01. The third-order valence-corrected chi connectivity index (χ3v) is 4.56. The van der Waals surface area contributed by atoms with Crippen molar-refractivity contribution in [1.29, 1.82) is 0 Å². The number of benzene rings is 2. The molecule has 3 aromatic rings. The first-order chi connectivity index (χ1) is 12.6. The largest absolute Gasteiger partial charge is 0.453 e. The molecule has 1 N–H and O–H groups in total. The van der Waals surface area contributed by atoms with Gasteiger partial charge in [0.15, 0.2) is 5.76 Å². The van der Waals surface area contributed by atoms with Crippen LogP contribution in [0.15, 0.2) is 52.9 Å². The number of para-hydroxylation sites is 1. The minimum atomic E-state index is -0.340. The number of fused-ring (bicyclic) bond motifs is 2. The van der Waals surface area contributed by atoms with E-state index in [9.17, 15) is 9.59 Å². The highest BCUT2D eigenvalue weighted by Gasteiger charge is 2.21. The number of ether oxygens (including phenoxy) is 1. The predicted octanol–water partition coefficient (Wildman–Crippen LogP) is 3.81. The number of hydrogen-bond donors (Lipinski definition) is 1. The molecule has 0 spiro atoms. The van der Waals surface area contributed by atoms with Gasteiger partial charge in [0, 0.05) is 24.2 Å². The molecule has 0 unspecified atom stereocenters. The first-order valence-corrected chi connectivity index (χ1v) is 8.38. The van der Waals surface area contributed by atoms with E-state index in [4.69, 9.17) is 9.15 Å². The zero-order valence-electron chi connectivity index (χ0n) is 14.3. The van der Waals surface area contributed by atoms with Gasteiger partial charge in [-0.2, -0.15) is 0 Å². The van der Waals surface area contributed by atoms with Gasteiger partial charge in [-0.05, 0) is 41.8 Å². The highest BCUT2D eigenvalue weighted by molar-refractivity contribution is 6.04. The number of amides is 2. The van der Waals surface area contributed by atoms with Gasteiger partial charge in [-0.1, -0.05) is 24.3 Å². The first-order valence-electron chi connectivity index (χ1n) is 8.38. The van der Waals surface area contributed by atoms with E-state index in [1.807, 2.05) is 42.5 Å². The zero-order valence-corrected chi connectivity index (χ0v) is 14.3. The number of furan rings is 1. The minimum absolute atomic E-state index is 0.264. The van der Waals surface area contributed by atoms with Gasteiger partial charge in [-0.15, -0.1) is 0 Å². The summed E-state index contributed by atoms with van der Waals surface area (Å²) >= 11 is 0. The number of nitrogens with one attached hydrogen (secondary N) is 1. The number of methoxy groups -OCH3 is 1. The standard InChI is InChI=1S/C20H18N2O4/c1-25-20(24)22-9-8-13-6-7-16(10-15(13)12-22)21-19(23)18-11-14-4-2-3-5-17(14)26-18/h2-7,10-11H,8-9,12H2,1H3,(H,21,23). The molecule has 132 valence electrons. The van der Waals surface area contributed by atoms with E-state index in [1.54, 1.807) is 11.0 Å². The van der Waals surface area contributed by atoms with Crippen LogP contribution in [0.5, 0.6) is 0 Å². The Kier molecular flexibility index (Phi) is 4.08. The molecule has 0 bridgehead atoms. The van der Waals surface area contributed by atoms with Crippen LogP contribution in [0.2, 0.25) is 0 Å². The number of hydrogen-bond acceptors (Lipinski definition) is 4. The van der Waals surface area contributed by atoms with Crippen molar-refractivity contribution in [3.8, 4) is 0 Å². The fraction of sp³-hybridized carbons (Fsp3) is 0.200. The van der Waals surface area contributed by atoms with E-state index >= 15 is 0 Å². The van der Waals surface area contributed by atoms with Gasteiger partial charge in [-0.25, -0.2) is 4.79 Å². The topological polar surface area (TPSA) is 71.8 Å². The van der Waals surface area contributed by atoms with Crippen molar-refractivity contribution in [2.45, 2.75) is 13.0 Å². The molecule has 0 fully saturated rings. The molecular formula is C20H18N2O4. The summed E-state index contributed by atoms with van der Waals surface area (Å²) in [4.78, 5) is 25.9. The lowest BCUT2D eigenvalue weighted by Crippen LogP contribution is -2.35. The lowest BCUT2D eigenvalue weighted by Gasteiger charge is -2.28. The lowest BCUT2D eigenvalue weighted by atomic mass is 9.99. The average molecular weight is 350 g/mol. The molecule has 4 rings (SSSR count). The quantitative estimate of drug-likeness (QED) is 0.763. The Morgan fingerprint density at radius 3 is 2.77 bits per heavy atom. The molecule has 2 heterocycles. The van der Waals surface area contributed by atoms with Crippen LogP contribution in [-0.2, 0) is 17.7 Å². The number of carbonyl (C=O) groups excluding carboxylic acids is 2. The molecule has 0 saturated heterocycles. The monoisotopic (exact) mass is 350 g/mol. The molecule has 1 aromatic heterocycles. The van der Waals surface area contributed by atoms with Crippen LogP contribution in [0, 0.1) is 0 Å². The van der Waals surface area contributed by atoms with Gasteiger partial charge in [0.05, 0.1) is 7.11 Å². The van der Waals surface area contributed by atoms with Crippen molar-refractivity contribution < 1.29 is 18.7 Å². The average Bonchev–Trinajstić information content (AvgIpc) is 3.11. The molecule has 0 atom stereocenters. The Labute approximate surface area is 150 Å². The highest BCUT2D eigenvalue weighted by Crippen LogP contribution is 2.24. The van der Waals surface area contributed by atoms with Crippen LogP contribution < -0.4 is 5.32 Å². The molecule has 0 saturated carbocycles. The number of carbonyl (C=O) groups is 2. The summed E-state index contributed by atoms with van der Waals surface area (Å²) in [6.07, 6.45) is 0.426. The Hall–Kier alpha value is -3.28. The van der Waals surface area contributed by atoms with Crippen LogP contribution in [0.4, 0.5) is 10.5 Å². The normalized spacial score (nSPS) is 13.3. The van der Waals surface area contributed by atoms with Crippen molar-refractivity contribution in [1.82, 2.24) is 4.90 Å². The van der Waals surface area contributed by atoms with E-state index in [0.29, 0.717) is 24.4 Å². The van der Waals surface area contributed by atoms with E-state index in [0.717, 1.165) is 17.4 Å². The van der Waals surface area contributed by atoms with E-state index in [2.05, 4.69) is 5.32 Å². The molecule has 1 aliphatic heterocycles. The summed E-state index contributed by atoms with van der Waals surface area (Å²) < 4.78 is 10.4. The maximum atomic E-state index is 12.5. The molecule has 2 amide bonds. The summed E-state index contributed by atoms with van der Waals surface area (Å²) in [7, 11) is 1.38. The molecular weight excluding hydrogens is 332 g/mol. The molecule has 6 nitrogen and oxygen atoms in total. The SMILES string of the molecule is COC(=O)N1CCc2ccc(NC(=O)c3cc4ccccc4o3)cc2C1. The summed E-state index contributed by atoms with van der Waals surface area (Å²) in [5.74, 6) is -0.0399. The number of anilines is 1. The van der Waals surface area contributed by atoms with Crippen molar-refractivity contribution in [2.24, 2.45) is 0 Å². The van der Waals surface area contributed by atoms with Gasteiger partial charge in [0.2, 0.25) is 0 Å². The lowest BCUT2D eigenvalue weighted by molar-refractivity contribution is 0.0998. The molecule has 0 aliphatic carbocycles. The van der Waals surface area contributed by atoms with Crippen LogP contribution >= 0.6 is 0 Å². The molecule has 2 aromatic carbocycles. The fourth-order valence-electron chi connectivity index (χ4n) is 3.21. The number of rotatable bonds is 2. The van der Waals surface area contributed by atoms with E-state index < -0.39 is 0 Å². The van der Waals surface area contributed by atoms with Crippen LogP contribution in [0.25, 0.3) is 11.0 Å². The van der Waals surface area contributed by atoms with Crippen molar-refractivity contribution in [3.05, 3.63) is 65.4 Å².